The molecular weight excluding hydrogens is 552 g/mol. The third-order valence-corrected chi connectivity index (χ3v) is 8.32. The summed E-state index contributed by atoms with van der Waals surface area (Å²) in [5.41, 5.74) is 4.73. The molecule has 2 aromatic heterocycles. The van der Waals surface area contributed by atoms with Crippen molar-refractivity contribution in [1.29, 1.82) is 0 Å². The summed E-state index contributed by atoms with van der Waals surface area (Å²) in [7, 11) is 0. The van der Waals surface area contributed by atoms with Crippen LogP contribution < -0.4 is 10.6 Å². The summed E-state index contributed by atoms with van der Waals surface area (Å²) in [5, 5.41) is 7.37. The van der Waals surface area contributed by atoms with E-state index in [4.69, 9.17) is 16.6 Å². The fraction of sp³-hybridized carbons (Fsp3) is 0.464. The zero-order valence-electron chi connectivity index (χ0n) is 21.4. The van der Waals surface area contributed by atoms with Crippen LogP contribution in [0.2, 0.25) is 5.02 Å². The van der Waals surface area contributed by atoms with E-state index >= 15 is 0 Å². The van der Waals surface area contributed by atoms with Gasteiger partial charge in [0.2, 0.25) is 5.91 Å². The second-order valence-electron chi connectivity index (χ2n) is 10.6. The molecule has 0 radical (unpaired) electrons. The minimum atomic E-state index is -0.287. The molecule has 3 heterocycles. The number of halogens is 2. The molecule has 1 aliphatic carbocycles. The first kappa shape index (κ1) is 26.4. The molecule has 2 atom stereocenters. The van der Waals surface area contributed by atoms with E-state index in [1.807, 2.05) is 24.8 Å². The van der Waals surface area contributed by atoms with Crippen LogP contribution in [0.15, 0.2) is 53.7 Å². The molecule has 0 bridgehead atoms. The highest BCUT2D eigenvalue weighted by atomic mass is 79.9. The van der Waals surface area contributed by atoms with Crippen molar-refractivity contribution in [2.24, 2.45) is 0 Å². The number of nitrogens with zero attached hydrogens (tertiary/aromatic N) is 4. The van der Waals surface area contributed by atoms with E-state index in [0.29, 0.717) is 13.1 Å². The molecule has 2 aliphatic rings. The maximum Gasteiger partial charge on any atom is 0.238 e. The zero-order chi connectivity index (χ0) is 26.0. The fourth-order valence-electron chi connectivity index (χ4n) is 5.53. The van der Waals surface area contributed by atoms with Gasteiger partial charge in [0, 0.05) is 59.8 Å². The number of imidazole rings is 1. The van der Waals surface area contributed by atoms with Gasteiger partial charge in [-0.25, -0.2) is 4.98 Å². The van der Waals surface area contributed by atoms with Crippen molar-refractivity contribution in [2.45, 2.75) is 57.2 Å². The number of pyridine rings is 1. The predicted octanol–water partition coefficient (Wildman–Crippen LogP) is 4.49. The highest BCUT2D eigenvalue weighted by Crippen LogP contribution is 2.37. The SMILES string of the molecule is CC(C)(CCNC(=O)[C@H]1CN([C@@H]2c3ccc(Cl)cc3CCCc3cc(Br)cnc32)CCN1)n1ccnc1. The van der Waals surface area contributed by atoms with Crippen molar-refractivity contribution >= 4 is 33.4 Å². The smallest absolute Gasteiger partial charge is 0.238 e. The van der Waals surface area contributed by atoms with E-state index in [-0.39, 0.29) is 23.5 Å². The third kappa shape index (κ3) is 5.93. The molecule has 1 aliphatic heterocycles. The minimum Gasteiger partial charge on any atom is -0.355 e. The van der Waals surface area contributed by atoms with Crippen LogP contribution in [0.4, 0.5) is 0 Å². The molecule has 0 unspecified atom stereocenters. The Hall–Kier alpha value is -2.26. The second-order valence-corrected chi connectivity index (χ2v) is 12.0. The first-order chi connectivity index (χ1) is 17.8. The number of hydrogen-bond donors (Lipinski definition) is 2. The lowest BCUT2D eigenvalue weighted by atomic mass is 9.86. The van der Waals surface area contributed by atoms with Crippen molar-refractivity contribution in [3.05, 3.63) is 81.1 Å². The van der Waals surface area contributed by atoms with Crippen molar-refractivity contribution in [2.75, 3.05) is 26.2 Å². The molecule has 2 N–H and O–H groups in total. The van der Waals surface area contributed by atoms with E-state index in [0.717, 1.165) is 54.0 Å². The lowest BCUT2D eigenvalue weighted by molar-refractivity contribution is -0.124. The van der Waals surface area contributed by atoms with Crippen LogP contribution in [0.1, 0.15) is 55.1 Å². The molecule has 1 saturated heterocycles. The Balaban J connectivity index is 1.34. The van der Waals surface area contributed by atoms with Gasteiger partial charge in [0.25, 0.3) is 0 Å². The van der Waals surface area contributed by atoms with Gasteiger partial charge in [0.1, 0.15) is 0 Å². The summed E-state index contributed by atoms with van der Waals surface area (Å²) in [6.07, 6.45) is 11.3. The van der Waals surface area contributed by atoms with Gasteiger partial charge in [0.05, 0.1) is 24.1 Å². The van der Waals surface area contributed by atoms with E-state index < -0.39 is 0 Å². The summed E-state index contributed by atoms with van der Waals surface area (Å²) in [4.78, 5) is 24.7. The van der Waals surface area contributed by atoms with Gasteiger partial charge < -0.3 is 15.2 Å². The number of nitrogens with one attached hydrogen (secondary N) is 2. The lowest BCUT2D eigenvalue weighted by Crippen LogP contribution is -2.58. The maximum absolute atomic E-state index is 13.2. The van der Waals surface area contributed by atoms with Crippen molar-refractivity contribution in [3.8, 4) is 0 Å². The quantitative estimate of drug-likeness (QED) is 0.446. The monoisotopic (exact) mass is 584 g/mol. The van der Waals surface area contributed by atoms with Gasteiger partial charge in [0.15, 0.2) is 0 Å². The average molecular weight is 586 g/mol. The second kappa shape index (κ2) is 11.2. The lowest BCUT2D eigenvalue weighted by Gasteiger charge is -2.40. The highest BCUT2D eigenvalue weighted by Gasteiger charge is 2.34. The van der Waals surface area contributed by atoms with Gasteiger partial charge >= 0.3 is 0 Å². The first-order valence-electron chi connectivity index (χ1n) is 13.0. The van der Waals surface area contributed by atoms with Crippen LogP contribution in [0, 0.1) is 0 Å². The van der Waals surface area contributed by atoms with Crippen molar-refractivity contribution in [1.82, 2.24) is 30.1 Å². The summed E-state index contributed by atoms with van der Waals surface area (Å²) < 4.78 is 3.08. The standard InChI is InChI=1S/C28H34BrClN6O/c1-28(2,36-13-10-31-18-36)8-9-33-27(37)24-17-35(12-11-32-24)26-23-7-6-22(30)15-19(23)4-3-5-20-14-21(29)16-34-25(20)26/h6-7,10,13-16,18,24,26,32H,3-5,8-9,11-12,17H2,1-2H3,(H,33,37)/t24-,26-/m1/s1. The number of amides is 1. The summed E-state index contributed by atoms with van der Waals surface area (Å²) in [5.74, 6) is 0.0392. The molecule has 0 saturated carbocycles. The zero-order valence-corrected chi connectivity index (χ0v) is 23.7. The number of benzene rings is 1. The number of carbonyl (C=O) groups excluding carboxylic acids is 1. The number of rotatable bonds is 6. The Bertz CT molecular complexity index is 1190. The largest absolute Gasteiger partial charge is 0.355 e. The number of aryl methyl sites for hydroxylation is 2. The summed E-state index contributed by atoms with van der Waals surface area (Å²) >= 11 is 10.0. The van der Waals surface area contributed by atoms with E-state index in [2.05, 4.69) is 73.1 Å². The summed E-state index contributed by atoms with van der Waals surface area (Å²) in [6.45, 7) is 7.10. The van der Waals surface area contributed by atoms with Crippen LogP contribution >= 0.6 is 27.5 Å². The van der Waals surface area contributed by atoms with Gasteiger partial charge in [-0.3, -0.25) is 14.7 Å². The van der Waals surface area contributed by atoms with Crippen LogP contribution in [-0.2, 0) is 23.2 Å². The minimum absolute atomic E-state index is 0.0201. The van der Waals surface area contributed by atoms with Crippen LogP contribution in [-0.4, -0.2) is 57.6 Å². The Kier molecular flexibility index (Phi) is 8.00. The van der Waals surface area contributed by atoms with E-state index in [1.54, 1.807) is 6.20 Å². The number of fused-ring (bicyclic) bond motifs is 2. The van der Waals surface area contributed by atoms with Gasteiger partial charge in [-0.15, -0.1) is 0 Å². The first-order valence-corrected chi connectivity index (χ1v) is 14.2. The molecular formula is C28H34BrClN6O. The average Bonchev–Trinajstić information content (AvgIpc) is 3.42. The number of piperazine rings is 1. The molecule has 9 heteroatoms. The molecule has 1 aromatic carbocycles. The number of carbonyl (C=O) groups is 1. The molecule has 3 aromatic rings. The number of hydrogen-bond acceptors (Lipinski definition) is 5. The van der Waals surface area contributed by atoms with Gasteiger partial charge in [-0.05, 0) is 90.4 Å². The predicted molar refractivity (Wildman–Crippen MR) is 150 cm³/mol. The fourth-order valence-corrected chi connectivity index (χ4v) is 6.10. The van der Waals surface area contributed by atoms with Gasteiger partial charge in [-0.2, -0.15) is 0 Å². The third-order valence-electron chi connectivity index (χ3n) is 7.65. The summed E-state index contributed by atoms with van der Waals surface area (Å²) in [6, 6.07) is 8.11. The van der Waals surface area contributed by atoms with E-state index in [1.165, 1.54) is 16.7 Å². The molecule has 5 rings (SSSR count). The number of aromatic nitrogens is 3. The van der Waals surface area contributed by atoms with Crippen LogP contribution in [0.25, 0.3) is 0 Å². The Morgan fingerprint density at radius 2 is 2.11 bits per heavy atom. The molecule has 1 fully saturated rings. The Labute approximate surface area is 232 Å². The molecule has 37 heavy (non-hydrogen) atoms. The van der Waals surface area contributed by atoms with Gasteiger partial charge in [-0.1, -0.05) is 17.7 Å². The molecule has 7 nitrogen and oxygen atoms in total. The topological polar surface area (TPSA) is 75.1 Å². The Morgan fingerprint density at radius 3 is 2.92 bits per heavy atom. The maximum atomic E-state index is 13.2. The molecule has 196 valence electrons. The van der Waals surface area contributed by atoms with E-state index in [9.17, 15) is 4.79 Å². The van der Waals surface area contributed by atoms with Crippen LogP contribution in [0.3, 0.4) is 0 Å². The normalized spacial score (nSPS) is 20.4. The molecule has 0 spiro atoms. The van der Waals surface area contributed by atoms with Crippen molar-refractivity contribution in [3.63, 3.8) is 0 Å². The van der Waals surface area contributed by atoms with Crippen LogP contribution in [0.5, 0.6) is 0 Å². The Morgan fingerprint density at radius 1 is 1.27 bits per heavy atom. The van der Waals surface area contributed by atoms with Crippen molar-refractivity contribution < 1.29 is 4.79 Å². The molecule has 1 amide bonds. The highest BCUT2D eigenvalue weighted by molar-refractivity contribution is 9.10.